The first kappa shape index (κ1) is 15.6. The number of nitrogens with two attached hydrogens (primary N) is 1. The molecule has 0 unspecified atom stereocenters. The molecule has 0 spiro atoms. The van der Waals surface area contributed by atoms with Crippen LogP contribution in [-0.4, -0.2) is 44.8 Å². The molecular formula is C13H19ClN2O3S. The van der Waals surface area contributed by atoms with E-state index in [1.807, 2.05) is 12.1 Å². The van der Waals surface area contributed by atoms with Gasteiger partial charge in [0.25, 0.3) is 0 Å². The molecule has 0 amide bonds. The van der Waals surface area contributed by atoms with E-state index in [-0.39, 0.29) is 11.8 Å². The monoisotopic (exact) mass is 318 g/mol. The van der Waals surface area contributed by atoms with E-state index < -0.39 is 10.0 Å². The number of hydrogen-bond acceptors (Lipinski definition) is 4. The van der Waals surface area contributed by atoms with E-state index in [2.05, 4.69) is 4.90 Å². The minimum absolute atomic E-state index is 0.00737. The summed E-state index contributed by atoms with van der Waals surface area (Å²) in [4.78, 5) is 2.12. The van der Waals surface area contributed by atoms with Crippen molar-refractivity contribution in [1.29, 1.82) is 0 Å². The third-order valence-electron chi connectivity index (χ3n) is 3.37. The molecule has 1 aromatic carbocycles. The molecule has 20 heavy (non-hydrogen) atoms. The van der Waals surface area contributed by atoms with Gasteiger partial charge in [-0.05, 0) is 37.6 Å². The summed E-state index contributed by atoms with van der Waals surface area (Å²) in [7, 11) is -3.42. The fraction of sp³-hybridized carbons (Fsp3) is 0.538. The number of ether oxygens (including phenoxy) is 1. The van der Waals surface area contributed by atoms with Crippen LogP contribution in [0.25, 0.3) is 0 Å². The molecule has 0 bridgehead atoms. The molecule has 1 aliphatic heterocycles. The van der Waals surface area contributed by atoms with E-state index >= 15 is 0 Å². The fourth-order valence-corrected chi connectivity index (χ4v) is 3.58. The van der Waals surface area contributed by atoms with Gasteiger partial charge in [0.05, 0.1) is 5.75 Å². The molecule has 0 radical (unpaired) electrons. The summed E-state index contributed by atoms with van der Waals surface area (Å²) in [5, 5.41) is 5.75. The Bertz CT molecular complexity index is 550. The van der Waals surface area contributed by atoms with Crippen LogP contribution in [0.15, 0.2) is 24.3 Å². The highest BCUT2D eigenvalue weighted by atomic mass is 35.5. The smallest absolute Gasteiger partial charge is 0.210 e. The van der Waals surface area contributed by atoms with E-state index in [0.717, 1.165) is 25.1 Å². The van der Waals surface area contributed by atoms with Gasteiger partial charge in [0, 0.05) is 17.6 Å². The summed E-state index contributed by atoms with van der Waals surface area (Å²) in [5.41, 5.74) is 0. The summed E-state index contributed by atoms with van der Waals surface area (Å²) in [6.07, 6.45) is 1.87. The predicted octanol–water partition coefficient (Wildman–Crippen LogP) is 1.47. The Labute approximate surface area is 124 Å². The molecule has 2 N–H and O–H groups in total. The minimum Gasteiger partial charge on any atom is -0.492 e. The van der Waals surface area contributed by atoms with Crippen LogP contribution in [0.1, 0.15) is 12.8 Å². The van der Waals surface area contributed by atoms with Gasteiger partial charge in [0.1, 0.15) is 12.4 Å². The zero-order valence-electron chi connectivity index (χ0n) is 11.2. The zero-order valence-corrected chi connectivity index (χ0v) is 12.7. The molecule has 5 nitrogen and oxygen atoms in total. The van der Waals surface area contributed by atoms with Crippen LogP contribution in [0.5, 0.6) is 5.75 Å². The van der Waals surface area contributed by atoms with Crippen LogP contribution in [0.2, 0.25) is 5.02 Å². The molecule has 112 valence electrons. The van der Waals surface area contributed by atoms with E-state index in [9.17, 15) is 8.42 Å². The maximum absolute atomic E-state index is 11.2. The Kier molecular flexibility index (Phi) is 5.26. The SMILES string of the molecule is NS(=O)(=O)C[C@H]1CCCN1CCOc1cccc(Cl)c1. The van der Waals surface area contributed by atoms with Crippen molar-refractivity contribution in [1.82, 2.24) is 4.90 Å². The second-order valence-electron chi connectivity index (χ2n) is 4.97. The molecule has 7 heteroatoms. The molecule has 1 aliphatic rings. The molecule has 1 heterocycles. The first-order valence-electron chi connectivity index (χ1n) is 6.57. The summed E-state index contributed by atoms with van der Waals surface area (Å²) >= 11 is 5.88. The van der Waals surface area contributed by atoms with Gasteiger partial charge >= 0.3 is 0 Å². The van der Waals surface area contributed by atoms with Crippen molar-refractivity contribution in [2.45, 2.75) is 18.9 Å². The summed E-state index contributed by atoms with van der Waals surface area (Å²) in [6, 6.07) is 7.23. The number of rotatable bonds is 6. The minimum atomic E-state index is -3.42. The second-order valence-corrected chi connectivity index (χ2v) is 7.06. The zero-order chi connectivity index (χ0) is 14.6. The summed E-state index contributed by atoms with van der Waals surface area (Å²) in [6.45, 7) is 2.08. The average Bonchev–Trinajstić information content (AvgIpc) is 2.74. The molecule has 1 aromatic rings. The fourth-order valence-electron chi connectivity index (χ4n) is 2.48. The Balaban J connectivity index is 1.81. The lowest BCUT2D eigenvalue weighted by molar-refractivity contribution is 0.205. The molecular weight excluding hydrogens is 300 g/mol. The standard InChI is InChI=1S/C13H19ClN2O3S/c14-11-3-1-5-13(9-11)19-8-7-16-6-2-4-12(16)10-20(15,17)18/h1,3,5,9,12H,2,4,6-8,10H2,(H2,15,17,18)/t12-/m1/s1. The Morgan fingerprint density at radius 3 is 2.95 bits per heavy atom. The summed E-state index contributed by atoms with van der Waals surface area (Å²) < 4.78 is 28.0. The number of sulfonamides is 1. The molecule has 0 aromatic heterocycles. The summed E-state index contributed by atoms with van der Waals surface area (Å²) in [5.74, 6) is 0.740. The second kappa shape index (κ2) is 6.76. The van der Waals surface area contributed by atoms with Crippen LogP contribution in [-0.2, 0) is 10.0 Å². The highest BCUT2D eigenvalue weighted by Crippen LogP contribution is 2.19. The number of likely N-dealkylation sites (tertiary alicyclic amines) is 1. The Hall–Kier alpha value is -0.820. The molecule has 0 saturated carbocycles. The number of primary sulfonamides is 1. The lowest BCUT2D eigenvalue weighted by Gasteiger charge is -2.23. The van der Waals surface area contributed by atoms with Crippen LogP contribution in [0.3, 0.4) is 0 Å². The van der Waals surface area contributed by atoms with Crippen LogP contribution >= 0.6 is 11.6 Å². The molecule has 2 rings (SSSR count). The Morgan fingerprint density at radius 1 is 1.45 bits per heavy atom. The predicted molar refractivity (Wildman–Crippen MR) is 79.5 cm³/mol. The average molecular weight is 319 g/mol. The van der Waals surface area contributed by atoms with Crippen molar-refractivity contribution < 1.29 is 13.2 Å². The van der Waals surface area contributed by atoms with Crippen molar-refractivity contribution in [2.24, 2.45) is 5.14 Å². The molecule has 0 aliphatic carbocycles. The molecule has 1 fully saturated rings. The number of nitrogens with zero attached hydrogens (tertiary/aromatic N) is 1. The number of benzene rings is 1. The van der Waals surface area contributed by atoms with Crippen molar-refractivity contribution in [3.63, 3.8) is 0 Å². The highest BCUT2D eigenvalue weighted by Gasteiger charge is 2.27. The van der Waals surface area contributed by atoms with Crippen molar-refractivity contribution >= 4 is 21.6 Å². The topological polar surface area (TPSA) is 72.6 Å². The maximum Gasteiger partial charge on any atom is 0.210 e. The van der Waals surface area contributed by atoms with Crippen LogP contribution in [0.4, 0.5) is 0 Å². The van der Waals surface area contributed by atoms with Crippen molar-refractivity contribution in [2.75, 3.05) is 25.4 Å². The Morgan fingerprint density at radius 2 is 2.25 bits per heavy atom. The van der Waals surface area contributed by atoms with Gasteiger partial charge in [0.15, 0.2) is 0 Å². The van der Waals surface area contributed by atoms with E-state index in [4.69, 9.17) is 21.5 Å². The van der Waals surface area contributed by atoms with Gasteiger partial charge in [-0.1, -0.05) is 17.7 Å². The quantitative estimate of drug-likeness (QED) is 0.862. The van der Waals surface area contributed by atoms with E-state index in [1.54, 1.807) is 12.1 Å². The largest absolute Gasteiger partial charge is 0.492 e. The normalized spacial score (nSPS) is 20.2. The molecule has 1 saturated heterocycles. The maximum atomic E-state index is 11.2. The lowest BCUT2D eigenvalue weighted by atomic mass is 10.2. The van der Waals surface area contributed by atoms with Gasteiger partial charge in [-0.25, -0.2) is 13.6 Å². The highest BCUT2D eigenvalue weighted by molar-refractivity contribution is 7.89. The van der Waals surface area contributed by atoms with Crippen LogP contribution < -0.4 is 9.88 Å². The number of hydrogen-bond donors (Lipinski definition) is 1. The van der Waals surface area contributed by atoms with Gasteiger partial charge in [0.2, 0.25) is 10.0 Å². The third kappa shape index (κ3) is 4.94. The van der Waals surface area contributed by atoms with Crippen LogP contribution in [0, 0.1) is 0 Å². The van der Waals surface area contributed by atoms with Crippen molar-refractivity contribution in [3.05, 3.63) is 29.3 Å². The van der Waals surface area contributed by atoms with Gasteiger partial charge < -0.3 is 4.74 Å². The van der Waals surface area contributed by atoms with Gasteiger partial charge in [-0.15, -0.1) is 0 Å². The van der Waals surface area contributed by atoms with Gasteiger partial charge in [-0.2, -0.15) is 0 Å². The first-order chi connectivity index (χ1) is 9.44. The van der Waals surface area contributed by atoms with E-state index in [0.29, 0.717) is 18.2 Å². The van der Waals surface area contributed by atoms with Crippen molar-refractivity contribution in [3.8, 4) is 5.75 Å². The lowest BCUT2D eigenvalue weighted by Crippen LogP contribution is -2.39. The molecule has 1 atom stereocenters. The van der Waals surface area contributed by atoms with E-state index in [1.165, 1.54) is 0 Å². The first-order valence-corrected chi connectivity index (χ1v) is 8.66. The third-order valence-corrected chi connectivity index (χ3v) is 4.45. The van der Waals surface area contributed by atoms with Gasteiger partial charge in [-0.3, -0.25) is 4.90 Å². The number of halogens is 1.